The highest BCUT2D eigenvalue weighted by Gasteiger charge is 2.02. The van der Waals surface area contributed by atoms with Gasteiger partial charge in [0.2, 0.25) is 0 Å². The minimum absolute atomic E-state index is 0.112. The molecule has 12 heavy (non-hydrogen) atoms. The molecule has 2 aromatic rings. The zero-order chi connectivity index (χ0) is 8.55. The van der Waals surface area contributed by atoms with Crippen LogP contribution < -0.4 is 5.46 Å². The molecule has 1 heterocycles. The molecule has 0 aliphatic carbocycles. The van der Waals surface area contributed by atoms with E-state index in [4.69, 9.17) is 5.02 Å². The minimum Gasteiger partial charge on any atom is -0.449 e. The predicted octanol–water partition coefficient (Wildman–Crippen LogP) is 0.147. The molecule has 0 aliphatic heterocycles. The van der Waals surface area contributed by atoms with Crippen molar-refractivity contribution in [1.82, 2.24) is 4.57 Å². The van der Waals surface area contributed by atoms with E-state index in [1.807, 2.05) is 31.4 Å². The van der Waals surface area contributed by atoms with Crippen LogP contribution in [0.2, 0.25) is 0 Å². The van der Waals surface area contributed by atoms with Crippen molar-refractivity contribution in [3.63, 3.8) is 0 Å². The van der Waals surface area contributed by atoms with Gasteiger partial charge in [0.25, 0.3) is 0 Å². The first kappa shape index (κ1) is 7.43. The van der Waals surface area contributed by atoms with Gasteiger partial charge < -0.3 is 9.59 Å². The molecule has 1 N–H and O–H groups in total. The van der Waals surface area contributed by atoms with E-state index in [1.54, 1.807) is 0 Å². The third-order valence-electron chi connectivity index (χ3n) is 2.19. The smallest absolute Gasteiger partial charge is 0.305 e. The van der Waals surface area contributed by atoms with Crippen LogP contribution in [0.5, 0.6) is 0 Å². The predicted molar refractivity (Wildman–Crippen MR) is 51.9 cm³/mol. The Morgan fingerprint density at radius 3 is 2.92 bits per heavy atom. The molecule has 2 rings (SSSR count). The highest BCUT2D eigenvalue weighted by molar-refractivity contribution is 6.50. The molecule has 0 saturated carbocycles. The third-order valence-corrected chi connectivity index (χ3v) is 2.19. The van der Waals surface area contributed by atoms with E-state index < -0.39 is 0 Å². The van der Waals surface area contributed by atoms with Crippen LogP contribution in [-0.2, 0) is 7.05 Å². The summed E-state index contributed by atoms with van der Waals surface area (Å²) in [4.78, 5) is 0. The fraction of sp³-hybridized carbons (Fsp3) is 0.111. The zero-order valence-corrected chi connectivity index (χ0v) is 6.99. The van der Waals surface area contributed by atoms with Gasteiger partial charge in [0.1, 0.15) is 0 Å². The van der Waals surface area contributed by atoms with Gasteiger partial charge in [-0.05, 0) is 23.0 Å². The van der Waals surface area contributed by atoms with Crippen LogP contribution in [0.15, 0.2) is 30.5 Å². The normalized spacial score (nSPS) is 10.5. The summed E-state index contributed by atoms with van der Waals surface area (Å²) in [5, 5.41) is 10.2. The Hall–Kier alpha value is -1.22. The molecule has 0 amide bonds. The molecule has 1 aromatic heterocycles. The first-order chi connectivity index (χ1) is 5.83. The number of hydrogen-bond donors (Lipinski definition) is 1. The standard InChI is InChI=1S/C9H10BNO/c1-11-6-5-7-8(10-12)3-2-4-9(7)11/h2-6,10,12H,1H3. The van der Waals surface area contributed by atoms with Crippen molar-refractivity contribution in [2.45, 2.75) is 0 Å². The van der Waals surface area contributed by atoms with E-state index in [0.717, 1.165) is 10.8 Å². The van der Waals surface area contributed by atoms with Gasteiger partial charge in [-0.1, -0.05) is 12.1 Å². The van der Waals surface area contributed by atoms with Gasteiger partial charge in [0.05, 0.1) is 0 Å². The molecule has 0 bridgehead atoms. The van der Waals surface area contributed by atoms with E-state index in [-0.39, 0.29) is 7.48 Å². The SMILES string of the molecule is Cn1ccc2c(BO)cccc21. The average Bonchev–Trinajstić information content (AvgIpc) is 2.48. The molecular formula is C9H10BNO. The molecule has 1 aromatic carbocycles. The van der Waals surface area contributed by atoms with Crippen molar-refractivity contribution in [3.05, 3.63) is 30.5 Å². The van der Waals surface area contributed by atoms with Crippen molar-refractivity contribution < 1.29 is 5.02 Å². The molecule has 0 saturated heterocycles. The average molecular weight is 159 g/mol. The van der Waals surface area contributed by atoms with Crippen LogP contribution in [0.4, 0.5) is 0 Å². The Labute approximate surface area is 71.7 Å². The number of benzene rings is 1. The lowest BCUT2D eigenvalue weighted by atomic mass is 9.86. The molecule has 0 atom stereocenters. The molecular weight excluding hydrogens is 149 g/mol. The molecule has 2 nitrogen and oxygen atoms in total. The molecule has 0 radical (unpaired) electrons. The molecule has 0 aliphatic rings. The van der Waals surface area contributed by atoms with Gasteiger partial charge in [0, 0.05) is 18.8 Å². The third kappa shape index (κ3) is 0.941. The topological polar surface area (TPSA) is 25.2 Å². The second-order valence-corrected chi connectivity index (χ2v) is 2.93. The van der Waals surface area contributed by atoms with Gasteiger partial charge in [-0.15, -0.1) is 0 Å². The number of nitrogens with zero attached hydrogens (tertiary/aromatic N) is 1. The highest BCUT2D eigenvalue weighted by Crippen LogP contribution is 2.10. The Balaban J connectivity index is 2.81. The van der Waals surface area contributed by atoms with Crippen molar-refractivity contribution in [2.75, 3.05) is 0 Å². The Bertz CT molecular complexity index is 408. The maximum absolute atomic E-state index is 9.04. The Kier molecular flexibility index (Phi) is 1.66. The number of rotatable bonds is 1. The molecule has 0 unspecified atom stereocenters. The summed E-state index contributed by atoms with van der Waals surface area (Å²) < 4.78 is 2.05. The van der Waals surface area contributed by atoms with E-state index in [2.05, 4.69) is 10.6 Å². The molecule has 3 heteroatoms. The highest BCUT2D eigenvalue weighted by atomic mass is 16.2. The summed E-state index contributed by atoms with van der Waals surface area (Å²) in [6, 6.07) is 7.99. The fourth-order valence-corrected chi connectivity index (χ4v) is 1.50. The van der Waals surface area contributed by atoms with Crippen LogP contribution in [0.3, 0.4) is 0 Å². The maximum atomic E-state index is 9.04. The lowest BCUT2D eigenvalue weighted by molar-refractivity contribution is 0.616. The van der Waals surface area contributed by atoms with Crippen LogP contribution in [0.1, 0.15) is 0 Å². The van der Waals surface area contributed by atoms with Crippen molar-refractivity contribution in [2.24, 2.45) is 7.05 Å². The maximum Gasteiger partial charge on any atom is 0.305 e. The van der Waals surface area contributed by atoms with E-state index in [0.29, 0.717) is 0 Å². The van der Waals surface area contributed by atoms with Gasteiger partial charge in [-0.3, -0.25) is 0 Å². The number of fused-ring (bicyclic) bond motifs is 1. The largest absolute Gasteiger partial charge is 0.449 e. The summed E-state index contributed by atoms with van der Waals surface area (Å²) in [6.45, 7) is 0. The van der Waals surface area contributed by atoms with Crippen molar-refractivity contribution in [1.29, 1.82) is 0 Å². The first-order valence-corrected chi connectivity index (χ1v) is 3.96. The molecule has 60 valence electrons. The summed E-state index contributed by atoms with van der Waals surface area (Å²) in [5.41, 5.74) is 2.16. The van der Waals surface area contributed by atoms with Gasteiger partial charge in [-0.2, -0.15) is 0 Å². The van der Waals surface area contributed by atoms with E-state index in [9.17, 15) is 0 Å². The van der Waals surface area contributed by atoms with Crippen molar-refractivity contribution >= 4 is 23.8 Å². The summed E-state index contributed by atoms with van der Waals surface area (Å²) in [7, 11) is 2.12. The minimum atomic E-state index is 0.112. The Morgan fingerprint density at radius 1 is 1.33 bits per heavy atom. The van der Waals surface area contributed by atoms with Gasteiger partial charge in [0.15, 0.2) is 0 Å². The monoisotopic (exact) mass is 159 g/mol. The van der Waals surface area contributed by atoms with E-state index in [1.165, 1.54) is 5.52 Å². The van der Waals surface area contributed by atoms with Crippen LogP contribution in [0.25, 0.3) is 10.9 Å². The number of aryl methyl sites for hydroxylation is 1. The van der Waals surface area contributed by atoms with Gasteiger partial charge in [-0.25, -0.2) is 0 Å². The molecule has 0 spiro atoms. The quantitative estimate of drug-likeness (QED) is 0.588. The number of hydrogen-bond acceptors (Lipinski definition) is 1. The second-order valence-electron chi connectivity index (χ2n) is 2.93. The van der Waals surface area contributed by atoms with Crippen LogP contribution in [-0.4, -0.2) is 17.1 Å². The molecule has 0 fully saturated rings. The zero-order valence-electron chi connectivity index (χ0n) is 6.99. The fourth-order valence-electron chi connectivity index (χ4n) is 1.50. The van der Waals surface area contributed by atoms with Crippen LogP contribution in [0, 0.1) is 0 Å². The summed E-state index contributed by atoms with van der Waals surface area (Å²) in [5.74, 6) is 0. The van der Waals surface area contributed by atoms with E-state index >= 15 is 0 Å². The summed E-state index contributed by atoms with van der Waals surface area (Å²) >= 11 is 0. The lowest BCUT2D eigenvalue weighted by Gasteiger charge is -1.98. The number of aromatic nitrogens is 1. The van der Waals surface area contributed by atoms with Crippen LogP contribution >= 0.6 is 0 Å². The second kappa shape index (κ2) is 2.68. The first-order valence-electron chi connectivity index (χ1n) is 3.96. The van der Waals surface area contributed by atoms with Gasteiger partial charge >= 0.3 is 7.48 Å². The van der Waals surface area contributed by atoms with Crippen molar-refractivity contribution in [3.8, 4) is 0 Å². The Morgan fingerprint density at radius 2 is 2.17 bits per heavy atom. The lowest BCUT2D eigenvalue weighted by Crippen LogP contribution is -2.13. The summed E-state index contributed by atoms with van der Waals surface area (Å²) in [6.07, 6.45) is 2.00.